The van der Waals surface area contributed by atoms with Crippen LogP contribution in [0.2, 0.25) is 0 Å². The summed E-state index contributed by atoms with van der Waals surface area (Å²) in [5.41, 5.74) is 7.56. The van der Waals surface area contributed by atoms with Gasteiger partial charge in [-0.15, -0.1) is 0 Å². The van der Waals surface area contributed by atoms with Crippen LogP contribution in [0.3, 0.4) is 0 Å². The monoisotopic (exact) mass is 262 g/mol. The van der Waals surface area contributed by atoms with Crippen LogP contribution < -0.4 is 5.73 Å². The number of halogens is 1. The second-order valence-electron chi connectivity index (χ2n) is 4.67. The molecule has 1 aromatic carbocycles. The molecule has 0 fully saturated rings. The molecule has 1 aromatic heterocycles. The Bertz CT molecular complexity index is 538. The molecular formula is C14H19FN4. The molecule has 4 nitrogen and oxygen atoms in total. The van der Waals surface area contributed by atoms with Gasteiger partial charge >= 0.3 is 0 Å². The van der Waals surface area contributed by atoms with E-state index in [1.54, 1.807) is 16.8 Å². The number of rotatable bonds is 5. The predicted molar refractivity (Wildman–Crippen MR) is 73.1 cm³/mol. The first-order valence-electron chi connectivity index (χ1n) is 6.26. The Morgan fingerprint density at radius 1 is 1.42 bits per heavy atom. The van der Waals surface area contributed by atoms with E-state index in [0.29, 0.717) is 6.54 Å². The third-order valence-corrected chi connectivity index (χ3v) is 3.13. The molecule has 1 atom stereocenters. The van der Waals surface area contributed by atoms with Gasteiger partial charge in [0.1, 0.15) is 5.82 Å². The topological polar surface area (TPSA) is 47.1 Å². The van der Waals surface area contributed by atoms with Crippen molar-refractivity contribution in [1.29, 1.82) is 0 Å². The molecule has 0 spiro atoms. The zero-order valence-electron chi connectivity index (χ0n) is 11.3. The molecule has 0 radical (unpaired) electrons. The zero-order chi connectivity index (χ0) is 13.8. The number of hydrogen-bond acceptors (Lipinski definition) is 3. The van der Waals surface area contributed by atoms with Crippen molar-refractivity contribution in [3.05, 3.63) is 53.6 Å². The molecule has 2 rings (SSSR count). The Morgan fingerprint density at radius 3 is 2.79 bits per heavy atom. The van der Waals surface area contributed by atoms with Gasteiger partial charge in [-0.2, -0.15) is 5.10 Å². The van der Waals surface area contributed by atoms with Gasteiger partial charge in [-0.3, -0.25) is 9.58 Å². The van der Waals surface area contributed by atoms with Gasteiger partial charge in [0, 0.05) is 31.9 Å². The van der Waals surface area contributed by atoms with E-state index in [1.807, 2.05) is 32.6 Å². The number of hydrogen-bond donors (Lipinski definition) is 1. The molecule has 0 saturated heterocycles. The predicted octanol–water partition coefficient (Wildman–Crippen LogP) is 1.54. The number of nitrogens with two attached hydrogens (primary N) is 1. The molecule has 0 aliphatic carbocycles. The van der Waals surface area contributed by atoms with Crippen molar-refractivity contribution in [3.8, 4) is 0 Å². The van der Waals surface area contributed by atoms with Gasteiger partial charge in [-0.05, 0) is 24.7 Å². The minimum absolute atomic E-state index is 0.0343. The second kappa shape index (κ2) is 5.95. The smallest absolute Gasteiger partial charge is 0.123 e. The SMILES string of the molecule is CN(CCN)C(c1cccc(F)c1)c1cnn(C)c1. The van der Waals surface area contributed by atoms with Crippen molar-refractivity contribution in [1.82, 2.24) is 14.7 Å². The summed E-state index contributed by atoms with van der Waals surface area (Å²) in [5.74, 6) is -0.229. The molecule has 5 heteroatoms. The summed E-state index contributed by atoms with van der Waals surface area (Å²) in [5, 5.41) is 4.19. The lowest BCUT2D eigenvalue weighted by molar-refractivity contribution is 0.286. The minimum Gasteiger partial charge on any atom is -0.329 e. The number of nitrogens with zero attached hydrogens (tertiary/aromatic N) is 3. The third-order valence-electron chi connectivity index (χ3n) is 3.13. The third kappa shape index (κ3) is 3.19. The van der Waals surface area contributed by atoms with Crippen molar-refractivity contribution < 1.29 is 4.39 Å². The van der Waals surface area contributed by atoms with Gasteiger partial charge in [0.05, 0.1) is 12.2 Å². The number of likely N-dealkylation sites (N-methyl/N-ethyl adjacent to an activating group) is 1. The van der Waals surface area contributed by atoms with Crippen LogP contribution in [0.15, 0.2) is 36.7 Å². The van der Waals surface area contributed by atoms with Gasteiger partial charge in [0.15, 0.2) is 0 Å². The van der Waals surface area contributed by atoms with Crippen LogP contribution >= 0.6 is 0 Å². The van der Waals surface area contributed by atoms with E-state index in [1.165, 1.54) is 6.07 Å². The highest BCUT2D eigenvalue weighted by molar-refractivity contribution is 5.29. The number of aromatic nitrogens is 2. The van der Waals surface area contributed by atoms with Crippen molar-refractivity contribution >= 4 is 0 Å². The van der Waals surface area contributed by atoms with Gasteiger partial charge < -0.3 is 5.73 Å². The van der Waals surface area contributed by atoms with Crippen molar-refractivity contribution in [2.24, 2.45) is 12.8 Å². The van der Waals surface area contributed by atoms with E-state index >= 15 is 0 Å². The molecule has 2 N–H and O–H groups in total. The fraction of sp³-hybridized carbons (Fsp3) is 0.357. The molecule has 0 aliphatic heterocycles. The maximum absolute atomic E-state index is 13.4. The van der Waals surface area contributed by atoms with Crippen LogP contribution in [0, 0.1) is 5.82 Å². The van der Waals surface area contributed by atoms with E-state index in [-0.39, 0.29) is 11.9 Å². The van der Waals surface area contributed by atoms with Crippen LogP contribution in [-0.2, 0) is 7.05 Å². The standard InChI is InChI=1S/C14H19FN4/c1-18(7-6-16)14(12-9-17-19(2)10-12)11-4-3-5-13(15)8-11/h3-5,8-10,14H,6-7,16H2,1-2H3. The summed E-state index contributed by atoms with van der Waals surface area (Å²) in [6, 6.07) is 6.63. The Morgan fingerprint density at radius 2 is 2.21 bits per heavy atom. The first kappa shape index (κ1) is 13.7. The van der Waals surface area contributed by atoms with E-state index in [2.05, 4.69) is 10.00 Å². The fourth-order valence-corrected chi connectivity index (χ4v) is 2.29. The average molecular weight is 262 g/mol. The molecule has 102 valence electrons. The van der Waals surface area contributed by atoms with E-state index < -0.39 is 0 Å². The van der Waals surface area contributed by atoms with Gasteiger partial charge in [0.2, 0.25) is 0 Å². The number of benzene rings is 1. The Hall–Kier alpha value is -1.72. The summed E-state index contributed by atoms with van der Waals surface area (Å²) >= 11 is 0. The molecule has 0 saturated carbocycles. The Kier molecular flexibility index (Phi) is 4.29. The molecule has 1 unspecified atom stereocenters. The van der Waals surface area contributed by atoms with Crippen molar-refractivity contribution in [3.63, 3.8) is 0 Å². The first-order chi connectivity index (χ1) is 9.11. The zero-order valence-corrected chi connectivity index (χ0v) is 11.3. The molecule has 1 heterocycles. The highest BCUT2D eigenvalue weighted by Crippen LogP contribution is 2.27. The summed E-state index contributed by atoms with van der Waals surface area (Å²) in [7, 11) is 3.85. The highest BCUT2D eigenvalue weighted by Gasteiger charge is 2.20. The maximum atomic E-state index is 13.4. The quantitative estimate of drug-likeness (QED) is 0.889. The lowest BCUT2D eigenvalue weighted by Crippen LogP contribution is -2.30. The molecule has 0 bridgehead atoms. The normalized spacial score (nSPS) is 12.9. The van der Waals surface area contributed by atoms with Crippen molar-refractivity contribution in [2.45, 2.75) is 6.04 Å². The van der Waals surface area contributed by atoms with E-state index in [0.717, 1.165) is 17.7 Å². The van der Waals surface area contributed by atoms with Crippen LogP contribution in [0.25, 0.3) is 0 Å². The maximum Gasteiger partial charge on any atom is 0.123 e. The van der Waals surface area contributed by atoms with Crippen LogP contribution in [-0.4, -0.2) is 34.8 Å². The van der Waals surface area contributed by atoms with Gasteiger partial charge in [-0.25, -0.2) is 4.39 Å². The Labute approximate surface area is 112 Å². The lowest BCUT2D eigenvalue weighted by Gasteiger charge is -2.27. The highest BCUT2D eigenvalue weighted by atomic mass is 19.1. The molecular weight excluding hydrogens is 243 g/mol. The van der Waals surface area contributed by atoms with Gasteiger partial charge in [0.25, 0.3) is 0 Å². The molecule has 19 heavy (non-hydrogen) atoms. The van der Waals surface area contributed by atoms with Gasteiger partial charge in [-0.1, -0.05) is 12.1 Å². The Balaban J connectivity index is 2.39. The first-order valence-corrected chi connectivity index (χ1v) is 6.26. The molecule has 0 amide bonds. The summed E-state index contributed by atoms with van der Waals surface area (Å²) in [6.07, 6.45) is 3.76. The summed E-state index contributed by atoms with van der Waals surface area (Å²) < 4.78 is 15.2. The molecule has 2 aromatic rings. The van der Waals surface area contributed by atoms with E-state index in [4.69, 9.17) is 5.73 Å². The molecule has 0 aliphatic rings. The minimum atomic E-state index is -0.229. The average Bonchev–Trinajstić information content (AvgIpc) is 2.76. The van der Waals surface area contributed by atoms with Crippen LogP contribution in [0.5, 0.6) is 0 Å². The lowest BCUT2D eigenvalue weighted by atomic mass is 10.00. The summed E-state index contributed by atoms with van der Waals surface area (Å²) in [4.78, 5) is 2.10. The fourth-order valence-electron chi connectivity index (χ4n) is 2.29. The van der Waals surface area contributed by atoms with Crippen molar-refractivity contribution in [2.75, 3.05) is 20.1 Å². The van der Waals surface area contributed by atoms with E-state index in [9.17, 15) is 4.39 Å². The number of aryl methyl sites for hydroxylation is 1. The largest absolute Gasteiger partial charge is 0.329 e. The second-order valence-corrected chi connectivity index (χ2v) is 4.67. The summed E-state index contributed by atoms with van der Waals surface area (Å²) in [6.45, 7) is 1.29. The van der Waals surface area contributed by atoms with Crippen LogP contribution in [0.4, 0.5) is 4.39 Å². The van der Waals surface area contributed by atoms with Crippen LogP contribution in [0.1, 0.15) is 17.2 Å².